The molecule has 2 aromatic heterocycles. The van der Waals surface area contributed by atoms with Gasteiger partial charge in [-0.05, 0) is 35.7 Å². The maximum Gasteiger partial charge on any atom is 0.573 e. The van der Waals surface area contributed by atoms with Crippen molar-refractivity contribution in [3.63, 3.8) is 0 Å². The van der Waals surface area contributed by atoms with Crippen LogP contribution in [-0.2, 0) is 6.42 Å². The summed E-state index contributed by atoms with van der Waals surface area (Å²) in [5.74, 6) is 0.980. The van der Waals surface area contributed by atoms with E-state index in [2.05, 4.69) is 27.2 Å². The molecule has 190 valence electrons. The Morgan fingerprint density at radius 3 is 2.08 bits per heavy atom. The van der Waals surface area contributed by atoms with Crippen molar-refractivity contribution in [1.29, 1.82) is 0 Å². The minimum atomic E-state index is -4.74. The zero-order valence-corrected chi connectivity index (χ0v) is 20.2. The lowest BCUT2D eigenvalue weighted by molar-refractivity contribution is -0.274. The van der Waals surface area contributed by atoms with E-state index in [9.17, 15) is 13.2 Å². The first-order valence-corrected chi connectivity index (χ1v) is 12.0. The van der Waals surface area contributed by atoms with Crippen LogP contribution in [0, 0.1) is 0 Å². The van der Waals surface area contributed by atoms with E-state index in [0.29, 0.717) is 29.4 Å². The maximum absolute atomic E-state index is 12.5. The van der Waals surface area contributed by atoms with Crippen LogP contribution in [0.5, 0.6) is 5.75 Å². The van der Waals surface area contributed by atoms with E-state index in [0.717, 1.165) is 23.1 Å². The second-order valence-electron chi connectivity index (χ2n) is 8.52. The van der Waals surface area contributed by atoms with E-state index < -0.39 is 6.36 Å². The molecule has 38 heavy (non-hydrogen) atoms. The molecule has 5 nitrogen and oxygen atoms in total. The van der Waals surface area contributed by atoms with E-state index in [4.69, 9.17) is 9.97 Å². The van der Waals surface area contributed by atoms with Gasteiger partial charge in [0.15, 0.2) is 5.82 Å². The number of rotatable bonds is 8. The normalized spacial score (nSPS) is 11.2. The van der Waals surface area contributed by atoms with Crippen molar-refractivity contribution in [2.75, 3.05) is 11.9 Å². The lowest BCUT2D eigenvalue weighted by Gasteiger charge is -2.12. The molecule has 5 rings (SSSR count). The Bertz CT molecular complexity index is 1490. The highest BCUT2D eigenvalue weighted by atomic mass is 19.4. The number of nitrogens with one attached hydrogen (secondary N) is 1. The number of anilines is 1. The van der Waals surface area contributed by atoms with Gasteiger partial charge in [-0.15, -0.1) is 13.2 Å². The van der Waals surface area contributed by atoms with Crippen LogP contribution in [0.25, 0.3) is 33.8 Å². The molecule has 3 aromatic carbocycles. The highest BCUT2D eigenvalue weighted by molar-refractivity contribution is 5.73. The zero-order valence-electron chi connectivity index (χ0n) is 20.2. The van der Waals surface area contributed by atoms with Gasteiger partial charge in [-0.25, -0.2) is 9.97 Å². The van der Waals surface area contributed by atoms with Crippen molar-refractivity contribution in [1.82, 2.24) is 15.0 Å². The molecule has 0 bridgehead atoms. The highest BCUT2D eigenvalue weighted by Crippen LogP contribution is 2.30. The van der Waals surface area contributed by atoms with E-state index >= 15 is 0 Å². The molecule has 0 saturated carbocycles. The van der Waals surface area contributed by atoms with E-state index in [1.54, 1.807) is 24.5 Å². The first-order valence-electron chi connectivity index (χ1n) is 12.0. The van der Waals surface area contributed by atoms with Crippen LogP contribution >= 0.6 is 0 Å². The zero-order chi connectivity index (χ0) is 26.4. The van der Waals surface area contributed by atoms with Crippen molar-refractivity contribution < 1.29 is 17.9 Å². The van der Waals surface area contributed by atoms with Gasteiger partial charge in [0.25, 0.3) is 0 Å². The molecule has 0 fully saturated rings. The third-order valence-corrected chi connectivity index (χ3v) is 5.78. The number of hydrogen-bond donors (Lipinski definition) is 1. The molecule has 0 aliphatic heterocycles. The van der Waals surface area contributed by atoms with Crippen molar-refractivity contribution in [2.24, 2.45) is 0 Å². The second-order valence-corrected chi connectivity index (χ2v) is 8.52. The van der Waals surface area contributed by atoms with Crippen LogP contribution < -0.4 is 10.1 Å². The Labute approximate surface area is 218 Å². The van der Waals surface area contributed by atoms with Crippen molar-refractivity contribution >= 4 is 5.82 Å². The number of pyridine rings is 1. The van der Waals surface area contributed by atoms with Crippen LogP contribution in [0.1, 0.15) is 5.56 Å². The van der Waals surface area contributed by atoms with Crippen molar-refractivity contribution in [2.45, 2.75) is 12.8 Å². The smallest absolute Gasteiger partial charge is 0.406 e. The molecule has 0 unspecified atom stereocenters. The summed E-state index contributed by atoms with van der Waals surface area (Å²) in [4.78, 5) is 13.9. The number of benzene rings is 3. The molecule has 0 spiro atoms. The Kier molecular flexibility index (Phi) is 7.31. The van der Waals surface area contributed by atoms with Gasteiger partial charge in [-0.1, -0.05) is 72.8 Å². The van der Waals surface area contributed by atoms with Crippen LogP contribution in [0.4, 0.5) is 19.0 Å². The second kappa shape index (κ2) is 11.1. The molecule has 0 radical (unpaired) electrons. The number of halogens is 3. The lowest BCUT2D eigenvalue weighted by atomic mass is 10.0. The molecule has 5 aromatic rings. The largest absolute Gasteiger partial charge is 0.573 e. The fraction of sp³-hybridized carbons (Fsp3) is 0.100. The summed E-state index contributed by atoms with van der Waals surface area (Å²) < 4.78 is 41.5. The lowest BCUT2D eigenvalue weighted by Crippen LogP contribution is -2.16. The van der Waals surface area contributed by atoms with Crippen LogP contribution in [0.15, 0.2) is 109 Å². The van der Waals surface area contributed by atoms with Gasteiger partial charge in [-0.2, -0.15) is 0 Å². The molecular formula is C30H23F3N4O. The van der Waals surface area contributed by atoms with Crippen LogP contribution in [0.3, 0.4) is 0 Å². The summed E-state index contributed by atoms with van der Waals surface area (Å²) in [6.07, 6.45) is -0.540. The molecule has 0 amide bonds. The molecule has 0 atom stereocenters. The first kappa shape index (κ1) is 25.0. The number of ether oxygens (including phenoxy) is 1. The van der Waals surface area contributed by atoms with Gasteiger partial charge in [-0.3, -0.25) is 4.98 Å². The third-order valence-electron chi connectivity index (χ3n) is 5.78. The highest BCUT2D eigenvalue weighted by Gasteiger charge is 2.31. The standard InChI is InChI=1S/C30H23F3N4O/c31-30(32,33)38-26-13-11-22(12-14-26)24-17-25(20-34-19-24)27-18-28(35-16-15-21-7-3-1-4-8-21)37-29(36-27)23-9-5-2-6-10-23/h1-14,17-20H,15-16H2,(H,35,36,37). The molecule has 2 heterocycles. The molecule has 0 aliphatic carbocycles. The third kappa shape index (κ3) is 6.53. The predicted molar refractivity (Wildman–Crippen MR) is 141 cm³/mol. The SMILES string of the molecule is FC(F)(F)Oc1ccc(-c2cncc(-c3cc(NCCc4ccccc4)nc(-c4ccccc4)n3)c2)cc1. The van der Waals surface area contributed by atoms with Gasteiger partial charge >= 0.3 is 6.36 Å². The molecule has 8 heteroatoms. The van der Waals surface area contributed by atoms with E-state index in [1.165, 1.54) is 17.7 Å². The monoisotopic (exact) mass is 512 g/mol. The predicted octanol–water partition coefficient (Wildman–Crippen LogP) is 7.43. The quantitative estimate of drug-likeness (QED) is 0.234. The first-order chi connectivity index (χ1) is 18.4. The Balaban J connectivity index is 1.43. The number of hydrogen-bond acceptors (Lipinski definition) is 5. The minimum absolute atomic E-state index is 0.278. The number of nitrogens with zero attached hydrogens (tertiary/aromatic N) is 3. The van der Waals surface area contributed by atoms with Gasteiger partial charge in [0.2, 0.25) is 0 Å². The van der Waals surface area contributed by atoms with Crippen LogP contribution in [0.2, 0.25) is 0 Å². The fourth-order valence-electron chi connectivity index (χ4n) is 3.97. The number of alkyl halides is 3. The molecule has 1 N–H and O–H groups in total. The maximum atomic E-state index is 12.5. The summed E-state index contributed by atoms with van der Waals surface area (Å²) in [5, 5.41) is 3.41. The summed E-state index contributed by atoms with van der Waals surface area (Å²) in [7, 11) is 0. The average Bonchev–Trinajstić information content (AvgIpc) is 2.94. The number of aromatic nitrogens is 3. The minimum Gasteiger partial charge on any atom is -0.406 e. The van der Waals surface area contributed by atoms with Gasteiger partial charge < -0.3 is 10.1 Å². The van der Waals surface area contributed by atoms with Crippen molar-refractivity contribution in [3.05, 3.63) is 115 Å². The molecular weight excluding hydrogens is 489 g/mol. The van der Waals surface area contributed by atoms with Gasteiger partial charge in [0.1, 0.15) is 11.6 Å². The van der Waals surface area contributed by atoms with Crippen LogP contribution in [-0.4, -0.2) is 27.9 Å². The summed E-state index contributed by atoms with van der Waals surface area (Å²) in [5.41, 5.74) is 4.97. The topological polar surface area (TPSA) is 59.9 Å². The van der Waals surface area contributed by atoms with Gasteiger partial charge in [0, 0.05) is 41.7 Å². The van der Waals surface area contributed by atoms with Gasteiger partial charge in [0.05, 0.1) is 5.69 Å². The fourth-order valence-corrected chi connectivity index (χ4v) is 3.97. The molecule has 0 aliphatic rings. The summed E-state index contributed by atoms with van der Waals surface area (Å²) in [6, 6.07) is 29.4. The summed E-state index contributed by atoms with van der Waals surface area (Å²) in [6.45, 7) is 0.694. The van der Waals surface area contributed by atoms with E-state index in [-0.39, 0.29) is 5.75 Å². The Morgan fingerprint density at radius 1 is 0.684 bits per heavy atom. The Morgan fingerprint density at radius 2 is 1.37 bits per heavy atom. The average molecular weight is 513 g/mol. The van der Waals surface area contributed by atoms with Crippen molar-refractivity contribution in [3.8, 4) is 39.5 Å². The Hall–Kier alpha value is -4.72. The molecule has 0 saturated heterocycles. The summed E-state index contributed by atoms with van der Waals surface area (Å²) >= 11 is 0. The van der Waals surface area contributed by atoms with E-state index in [1.807, 2.05) is 60.7 Å².